The van der Waals surface area contributed by atoms with E-state index in [0.29, 0.717) is 12.5 Å². The third kappa shape index (κ3) is 2.84. The Bertz CT molecular complexity index is 191. The van der Waals surface area contributed by atoms with E-state index in [1.807, 2.05) is 0 Å². The van der Waals surface area contributed by atoms with Crippen LogP contribution in [0.15, 0.2) is 12.7 Å². The summed E-state index contributed by atoms with van der Waals surface area (Å²) in [5, 5.41) is 2.93. The van der Waals surface area contributed by atoms with Gasteiger partial charge in [-0.15, -0.1) is 0 Å². The molecule has 2 unspecified atom stereocenters. The van der Waals surface area contributed by atoms with E-state index in [1.165, 1.54) is 18.9 Å². The van der Waals surface area contributed by atoms with Crippen molar-refractivity contribution in [1.82, 2.24) is 5.32 Å². The van der Waals surface area contributed by atoms with Crippen molar-refractivity contribution in [3.63, 3.8) is 0 Å². The van der Waals surface area contributed by atoms with Gasteiger partial charge in [0.2, 0.25) is 5.91 Å². The maximum atomic E-state index is 11.1. The highest BCUT2D eigenvalue weighted by atomic mass is 16.1. The molecule has 74 valence electrons. The second-order valence-electron chi connectivity index (χ2n) is 3.60. The first-order valence-corrected chi connectivity index (χ1v) is 4.91. The molecule has 0 saturated heterocycles. The minimum atomic E-state index is -0.0784. The Balaban J connectivity index is 2.44. The van der Waals surface area contributed by atoms with E-state index < -0.39 is 0 Å². The summed E-state index contributed by atoms with van der Waals surface area (Å²) in [5.41, 5.74) is 5.63. The number of rotatable bonds is 3. The van der Waals surface area contributed by atoms with Crippen LogP contribution in [0.3, 0.4) is 0 Å². The van der Waals surface area contributed by atoms with Crippen LogP contribution in [0.25, 0.3) is 0 Å². The van der Waals surface area contributed by atoms with Crippen molar-refractivity contribution < 1.29 is 4.79 Å². The number of nitrogens with two attached hydrogens (primary N) is 1. The lowest BCUT2D eigenvalue weighted by Gasteiger charge is -2.30. The molecular formula is C10H18N2O. The molecule has 3 N–H and O–H groups in total. The Labute approximate surface area is 79.4 Å². The number of carbonyl (C=O) groups is 1. The number of carbonyl (C=O) groups excluding carboxylic acids is 1. The van der Waals surface area contributed by atoms with E-state index in [1.54, 1.807) is 0 Å². The SMILES string of the molecule is C=CC(=O)NC1CCCCC1CN. The molecule has 2 atom stereocenters. The van der Waals surface area contributed by atoms with Crippen LogP contribution in [0.4, 0.5) is 0 Å². The van der Waals surface area contributed by atoms with Crippen molar-refractivity contribution >= 4 is 5.91 Å². The minimum Gasteiger partial charge on any atom is -0.350 e. The van der Waals surface area contributed by atoms with Crippen LogP contribution >= 0.6 is 0 Å². The van der Waals surface area contributed by atoms with E-state index in [9.17, 15) is 4.79 Å². The summed E-state index contributed by atoms with van der Waals surface area (Å²) < 4.78 is 0. The molecule has 3 nitrogen and oxygen atoms in total. The minimum absolute atomic E-state index is 0.0784. The summed E-state index contributed by atoms with van der Waals surface area (Å²) in [5.74, 6) is 0.378. The molecule has 1 rings (SSSR count). The first kappa shape index (κ1) is 10.3. The largest absolute Gasteiger partial charge is 0.350 e. The lowest BCUT2D eigenvalue weighted by Crippen LogP contribution is -2.44. The van der Waals surface area contributed by atoms with E-state index in [4.69, 9.17) is 5.73 Å². The van der Waals surface area contributed by atoms with E-state index in [2.05, 4.69) is 11.9 Å². The molecule has 3 heteroatoms. The quantitative estimate of drug-likeness (QED) is 0.634. The van der Waals surface area contributed by atoms with Gasteiger partial charge in [-0.25, -0.2) is 0 Å². The average molecular weight is 182 g/mol. The van der Waals surface area contributed by atoms with Crippen molar-refractivity contribution in [1.29, 1.82) is 0 Å². The van der Waals surface area contributed by atoms with Gasteiger partial charge in [0.1, 0.15) is 0 Å². The molecule has 13 heavy (non-hydrogen) atoms. The zero-order chi connectivity index (χ0) is 9.68. The summed E-state index contributed by atoms with van der Waals surface area (Å²) in [4.78, 5) is 11.1. The highest BCUT2D eigenvalue weighted by Crippen LogP contribution is 2.23. The molecule has 0 aliphatic heterocycles. The zero-order valence-corrected chi connectivity index (χ0v) is 7.96. The molecule has 1 amide bonds. The molecule has 1 fully saturated rings. The summed E-state index contributed by atoms with van der Waals surface area (Å²) in [7, 11) is 0. The van der Waals surface area contributed by atoms with Crippen LogP contribution in [-0.2, 0) is 4.79 Å². The third-order valence-corrected chi connectivity index (χ3v) is 2.72. The second-order valence-corrected chi connectivity index (χ2v) is 3.60. The Morgan fingerprint density at radius 3 is 2.85 bits per heavy atom. The van der Waals surface area contributed by atoms with Gasteiger partial charge in [0.05, 0.1) is 0 Å². The van der Waals surface area contributed by atoms with Crippen LogP contribution in [0.1, 0.15) is 25.7 Å². The van der Waals surface area contributed by atoms with Gasteiger partial charge in [0, 0.05) is 6.04 Å². The topological polar surface area (TPSA) is 55.1 Å². The van der Waals surface area contributed by atoms with Crippen molar-refractivity contribution in [3.8, 4) is 0 Å². The first-order valence-electron chi connectivity index (χ1n) is 4.91. The molecule has 0 aromatic rings. The lowest BCUT2D eigenvalue weighted by atomic mass is 9.84. The Morgan fingerprint density at radius 2 is 2.23 bits per heavy atom. The van der Waals surface area contributed by atoms with Crippen LogP contribution in [0, 0.1) is 5.92 Å². The van der Waals surface area contributed by atoms with E-state index >= 15 is 0 Å². The fourth-order valence-corrected chi connectivity index (χ4v) is 1.92. The maximum absolute atomic E-state index is 11.1. The second kappa shape index (κ2) is 5.02. The first-order chi connectivity index (χ1) is 6.27. The van der Waals surface area contributed by atoms with Gasteiger partial charge >= 0.3 is 0 Å². The molecule has 0 radical (unpaired) electrons. The Morgan fingerprint density at radius 1 is 1.54 bits per heavy atom. The standard InChI is InChI=1S/C10H18N2O/c1-2-10(13)12-9-6-4-3-5-8(9)7-11/h2,8-9H,1,3-7,11H2,(H,12,13). The number of nitrogens with one attached hydrogen (secondary N) is 1. The van der Waals surface area contributed by atoms with Gasteiger partial charge < -0.3 is 11.1 Å². The van der Waals surface area contributed by atoms with Crippen LogP contribution < -0.4 is 11.1 Å². The molecule has 0 aromatic carbocycles. The van der Waals surface area contributed by atoms with Crippen molar-refractivity contribution in [2.45, 2.75) is 31.7 Å². The normalized spacial score (nSPS) is 28.1. The Kier molecular flexibility index (Phi) is 3.96. The van der Waals surface area contributed by atoms with Crippen LogP contribution in [0.2, 0.25) is 0 Å². The smallest absolute Gasteiger partial charge is 0.243 e. The zero-order valence-electron chi connectivity index (χ0n) is 7.96. The van der Waals surface area contributed by atoms with Crippen molar-refractivity contribution in [2.24, 2.45) is 11.7 Å². The molecule has 0 heterocycles. The van der Waals surface area contributed by atoms with Crippen molar-refractivity contribution in [2.75, 3.05) is 6.54 Å². The number of hydrogen-bond acceptors (Lipinski definition) is 2. The predicted octanol–water partition coefficient (Wildman–Crippen LogP) is 0.806. The summed E-state index contributed by atoms with van der Waals surface area (Å²) in [6.07, 6.45) is 5.95. The summed E-state index contributed by atoms with van der Waals surface area (Å²) >= 11 is 0. The highest BCUT2D eigenvalue weighted by molar-refractivity contribution is 5.87. The molecule has 1 saturated carbocycles. The molecule has 1 aliphatic carbocycles. The maximum Gasteiger partial charge on any atom is 0.243 e. The summed E-state index contributed by atoms with van der Waals surface area (Å²) in [6, 6.07) is 0.268. The van der Waals surface area contributed by atoms with Crippen LogP contribution in [0.5, 0.6) is 0 Å². The number of amides is 1. The van der Waals surface area contributed by atoms with E-state index in [-0.39, 0.29) is 11.9 Å². The fraction of sp³-hybridized carbons (Fsp3) is 0.700. The monoisotopic (exact) mass is 182 g/mol. The van der Waals surface area contributed by atoms with Gasteiger partial charge in [-0.1, -0.05) is 19.4 Å². The molecule has 0 aromatic heterocycles. The summed E-state index contributed by atoms with van der Waals surface area (Å²) in [6.45, 7) is 4.10. The average Bonchev–Trinajstić information content (AvgIpc) is 2.18. The van der Waals surface area contributed by atoms with Gasteiger partial charge in [-0.05, 0) is 31.4 Å². The lowest BCUT2D eigenvalue weighted by molar-refractivity contribution is -0.117. The molecule has 0 spiro atoms. The number of hydrogen-bond donors (Lipinski definition) is 2. The van der Waals surface area contributed by atoms with Crippen LogP contribution in [-0.4, -0.2) is 18.5 Å². The molecular weight excluding hydrogens is 164 g/mol. The predicted molar refractivity (Wildman–Crippen MR) is 53.1 cm³/mol. The van der Waals surface area contributed by atoms with Gasteiger partial charge in [0.15, 0.2) is 0 Å². The fourth-order valence-electron chi connectivity index (χ4n) is 1.92. The third-order valence-electron chi connectivity index (χ3n) is 2.72. The van der Waals surface area contributed by atoms with E-state index in [0.717, 1.165) is 12.8 Å². The van der Waals surface area contributed by atoms with Gasteiger partial charge in [0.25, 0.3) is 0 Å². The molecule has 1 aliphatic rings. The van der Waals surface area contributed by atoms with Crippen molar-refractivity contribution in [3.05, 3.63) is 12.7 Å². The van der Waals surface area contributed by atoms with Gasteiger partial charge in [-0.2, -0.15) is 0 Å². The van der Waals surface area contributed by atoms with Gasteiger partial charge in [-0.3, -0.25) is 4.79 Å². The Hall–Kier alpha value is -0.830. The highest BCUT2D eigenvalue weighted by Gasteiger charge is 2.24. The molecule has 0 bridgehead atoms.